The lowest BCUT2D eigenvalue weighted by Gasteiger charge is -2.41. The minimum absolute atomic E-state index is 0.0601. The van der Waals surface area contributed by atoms with Crippen molar-refractivity contribution < 1.29 is 53.6 Å². The van der Waals surface area contributed by atoms with Gasteiger partial charge in [-0.15, -0.1) is 0 Å². The molecule has 0 radical (unpaired) electrons. The van der Waals surface area contributed by atoms with Crippen molar-refractivity contribution in [2.45, 2.75) is 64.1 Å². The number of carbonyl (C=O) groups excluding carboxylic acids is 4. The van der Waals surface area contributed by atoms with Gasteiger partial charge in [0.1, 0.15) is 24.6 Å². The highest BCUT2D eigenvalue weighted by atomic mass is 16.5. The van der Waals surface area contributed by atoms with Gasteiger partial charge in [-0.25, -0.2) is 29.0 Å². The maximum Gasteiger partial charge on any atom is 0.407 e. The lowest BCUT2D eigenvalue weighted by atomic mass is 9.95. The maximum absolute atomic E-state index is 13.2. The smallest absolute Gasteiger partial charge is 0.407 e. The first kappa shape index (κ1) is 30.7. The average molecular weight is 550 g/mol. The van der Waals surface area contributed by atoms with E-state index in [1.807, 2.05) is 6.07 Å². The first-order chi connectivity index (χ1) is 18.5. The van der Waals surface area contributed by atoms with Crippen molar-refractivity contribution in [3.63, 3.8) is 0 Å². The summed E-state index contributed by atoms with van der Waals surface area (Å²) in [6, 6.07) is 3.94. The molecule has 3 atom stereocenters. The van der Waals surface area contributed by atoms with Crippen LogP contribution in [0.5, 0.6) is 0 Å². The molecule has 4 N–H and O–H groups in total. The van der Waals surface area contributed by atoms with Crippen molar-refractivity contribution in [2.24, 2.45) is 5.92 Å². The van der Waals surface area contributed by atoms with Gasteiger partial charge in [0.2, 0.25) is 11.8 Å². The molecule has 0 spiro atoms. The largest absolute Gasteiger partial charge is 0.481 e. The van der Waals surface area contributed by atoms with E-state index in [0.717, 1.165) is 5.56 Å². The van der Waals surface area contributed by atoms with Gasteiger partial charge in [0.15, 0.2) is 0 Å². The zero-order chi connectivity index (χ0) is 29.1. The summed E-state index contributed by atoms with van der Waals surface area (Å²) in [5.41, 5.74) is 0.791. The Labute approximate surface area is 223 Å². The SMILES string of the molecule is CCC1C(=O)N(C(CCCCNC(=O)OCc2ccccc2)C(=O)O)C(=O)N(C(CCC(=O)O)C(=O)O)C1=O. The molecule has 14 nitrogen and oxygen atoms in total. The quantitative estimate of drug-likeness (QED) is 0.183. The molecule has 0 bridgehead atoms. The molecule has 1 fully saturated rings. The van der Waals surface area contributed by atoms with E-state index in [1.54, 1.807) is 24.3 Å². The fourth-order valence-corrected chi connectivity index (χ4v) is 4.08. The van der Waals surface area contributed by atoms with Crippen LogP contribution in [0.1, 0.15) is 51.0 Å². The minimum atomic E-state index is -1.90. The van der Waals surface area contributed by atoms with Gasteiger partial charge in [-0.05, 0) is 37.7 Å². The van der Waals surface area contributed by atoms with Gasteiger partial charge in [0.05, 0.1) is 0 Å². The van der Waals surface area contributed by atoms with Crippen LogP contribution >= 0.6 is 0 Å². The number of rotatable bonds is 15. The van der Waals surface area contributed by atoms with E-state index in [4.69, 9.17) is 9.84 Å². The summed E-state index contributed by atoms with van der Waals surface area (Å²) in [5, 5.41) is 30.8. The zero-order valence-corrected chi connectivity index (χ0v) is 21.3. The van der Waals surface area contributed by atoms with Gasteiger partial charge in [0.25, 0.3) is 0 Å². The Morgan fingerprint density at radius 3 is 1.97 bits per heavy atom. The van der Waals surface area contributed by atoms with Crippen molar-refractivity contribution >= 4 is 41.8 Å². The van der Waals surface area contributed by atoms with Gasteiger partial charge >= 0.3 is 30.0 Å². The molecule has 0 aliphatic carbocycles. The van der Waals surface area contributed by atoms with Crippen LogP contribution in [0.4, 0.5) is 9.59 Å². The standard InChI is InChI=1S/C25H31N3O11/c1-2-16-20(31)27(25(38)28(21(16)32)18(23(35)36)11-12-19(29)30)17(22(33)34)10-6-7-13-26-24(37)39-14-15-8-4-3-5-9-15/h3-5,8-9,16-18H,2,6-7,10-14H2,1H3,(H,26,37)(H,29,30)(H,33,34)(H,35,36). The molecule has 0 saturated carbocycles. The summed E-state index contributed by atoms with van der Waals surface area (Å²) >= 11 is 0. The summed E-state index contributed by atoms with van der Waals surface area (Å²) in [7, 11) is 0. The second kappa shape index (κ2) is 14.4. The van der Waals surface area contributed by atoms with E-state index >= 15 is 0 Å². The average Bonchev–Trinajstić information content (AvgIpc) is 2.88. The number of nitrogens with zero attached hydrogens (tertiary/aromatic N) is 2. The molecule has 39 heavy (non-hydrogen) atoms. The lowest BCUT2D eigenvalue weighted by Crippen LogP contribution is -2.66. The number of nitrogens with one attached hydrogen (secondary N) is 1. The topological polar surface area (TPSA) is 208 Å². The number of carbonyl (C=O) groups is 7. The number of urea groups is 1. The van der Waals surface area contributed by atoms with Crippen LogP contribution in [-0.2, 0) is 35.3 Å². The fourth-order valence-electron chi connectivity index (χ4n) is 4.08. The van der Waals surface area contributed by atoms with E-state index in [9.17, 15) is 43.8 Å². The molecule has 14 heteroatoms. The van der Waals surface area contributed by atoms with Gasteiger partial charge in [-0.1, -0.05) is 37.3 Å². The molecule has 1 heterocycles. The van der Waals surface area contributed by atoms with Crippen molar-refractivity contribution in [3.8, 4) is 0 Å². The number of benzene rings is 1. The molecule has 1 aromatic carbocycles. The molecule has 3 unspecified atom stereocenters. The van der Waals surface area contributed by atoms with Crippen LogP contribution in [0.2, 0.25) is 0 Å². The van der Waals surface area contributed by atoms with Crippen molar-refractivity contribution in [1.29, 1.82) is 0 Å². The van der Waals surface area contributed by atoms with Gasteiger partial charge in [0, 0.05) is 13.0 Å². The molecule has 0 aromatic heterocycles. The number of ether oxygens (including phenoxy) is 1. The first-order valence-corrected chi connectivity index (χ1v) is 12.3. The summed E-state index contributed by atoms with van der Waals surface area (Å²) in [6.45, 7) is 1.61. The predicted octanol–water partition coefficient (Wildman–Crippen LogP) is 1.67. The third-order valence-electron chi connectivity index (χ3n) is 6.10. The van der Waals surface area contributed by atoms with Crippen LogP contribution in [0.3, 0.4) is 0 Å². The van der Waals surface area contributed by atoms with Crippen molar-refractivity contribution in [3.05, 3.63) is 35.9 Å². The molecular weight excluding hydrogens is 518 g/mol. The number of imide groups is 2. The Morgan fingerprint density at radius 1 is 0.897 bits per heavy atom. The lowest BCUT2D eigenvalue weighted by molar-refractivity contribution is -0.162. The minimum Gasteiger partial charge on any atom is -0.481 e. The Hall–Kier alpha value is -4.49. The highest BCUT2D eigenvalue weighted by Crippen LogP contribution is 2.27. The summed E-state index contributed by atoms with van der Waals surface area (Å²) in [5.74, 6) is -8.27. The highest BCUT2D eigenvalue weighted by Gasteiger charge is 2.52. The third kappa shape index (κ3) is 8.25. The van der Waals surface area contributed by atoms with Crippen molar-refractivity contribution in [2.75, 3.05) is 6.54 Å². The molecule has 212 valence electrons. The van der Waals surface area contributed by atoms with Gasteiger partial charge in [-0.3, -0.25) is 14.4 Å². The fraction of sp³-hybridized carbons (Fsp3) is 0.480. The van der Waals surface area contributed by atoms with E-state index in [2.05, 4.69) is 5.32 Å². The third-order valence-corrected chi connectivity index (χ3v) is 6.10. The summed E-state index contributed by atoms with van der Waals surface area (Å²) < 4.78 is 5.08. The zero-order valence-electron chi connectivity index (χ0n) is 21.3. The highest BCUT2D eigenvalue weighted by molar-refractivity contribution is 6.18. The first-order valence-electron chi connectivity index (χ1n) is 12.3. The molecule has 1 saturated heterocycles. The van der Waals surface area contributed by atoms with Crippen LogP contribution in [0.15, 0.2) is 30.3 Å². The predicted molar refractivity (Wildman–Crippen MR) is 131 cm³/mol. The van der Waals surface area contributed by atoms with Crippen LogP contribution in [-0.4, -0.2) is 85.6 Å². The second-order valence-corrected chi connectivity index (χ2v) is 8.78. The molecule has 1 aromatic rings. The maximum atomic E-state index is 13.2. The van der Waals surface area contributed by atoms with Gasteiger partial charge in [-0.2, -0.15) is 0 Å². The number of carboxylic acids is 3. The summed E-state index contributed by atoms with van der Waals surface area (Å²) in [4.78, 5) is 86.3. The summed E-state index contributed by atoms with van der Waals surface area (Å²) in [6.07, 6.45) is -1.96. The number of aliphatic carboxylic acids is 3. The number of hydrogen-bond donors (Lipinski definition) is 4. The van der Waals surface area contributed by atoms with E-state index in [0.29, 0.717) is 4.90 Å². The Kier molecular flexibility index (Phi) is 11.4. The van der Waals surface area contributed by atoms with Crippen LogP contribution < -0.4 is 5.32 Å². The van der Waals surface area contributed by atoms with Gasteiger partial charge < -0.3 is 25.4 Å². The number of alkyl carbamates (subject to hydrolysis) is 1. The van der Waals surface area contributed by atoms with E-state index < -0.39 is 72.7 Å². The number of amides is 5. The normalized spacial score (nSPS) is 16.9. The Balaban J connectivity index is 2.05. The number of barbiturate groups is 1. The second-order valence-electron chi connectivity index (χ2n) is 8.78. The van der Waals surface area contributed by atoms with Crippen molar-refractivity contribution in [1.82, 2.24) is 15.1 Å². The number of hydrogen-bond acceptors (Lipinski definition) is 8. The number of unbranched alkanes of at least 4 members (excludes halogenated alkanes) is 1. The number of carboxylic acid groups (broad SMARTS) is 3. The molecule has 1 aliphatic rings. The monoisotopic (exact) mass is 549 g/mol. The molecular formula is C25H31N3O11. The van der Waals surface area contributed by atoms with Crippen LogP contribution in [0, 0.1) is 5.92 Å². The molecule has 2 rings (SSSR count). The van der Waals surface area contributed by atoms with Crippen LogP contribution in [0.25, 0.3) is 0 Å². The molecule has 1 aliphatic heterocycles. The Bertz CT molecular complexity index is 1090. The van der Waals surface area contributed by atoms with E-state index in [-0.39, 0.29) is 43.7 Å². The molecule has 5 amide bonds. The van der Waals surface area contributed by atoms with E-state index in [1.165, 1.54) is 6.92 Å². The Morgan fingerprint density at radius 2 is 1.46 bits per heavy atom.